The molecular weight excluding hydrogens is 316 g/mol. The first-order chi connectivity index (χ1) is 10.7. The zero-order valence-electron chi connectivity index (χ0n) is 13.8. The monoisotopic (exact) mass is 336 g/mol. The van der Waals surface area contributed by atoms with E-state index in [1.54, 1.807) is 13.8 Å². The molecule has 0 saturated carbocycles. The zero-order chi connectivity index (χ0) is 17.0. The molecule has 1 aromatic carbocycles. The highest BCUT2D eigenvalue weighted by molar-refractivity contribution is 6.30. The maximum absolute atomic E-state index is 12.6. The molecule has 0 N–H and O–H groups in total. The van der Waals surface area contributed by atoms with Crippen molar-refractivity contribution < 1.29 is 19.1 Å². The number of rotatable bonds is 2. The molecule has 3 rings (SSSR count). The Balaban J connectivity index is 2.12. The lowest BCUT2D eigenvalue weighted by atomic mass is 9.63. The van der Waals surface area contributed by atoms with Crippen LogP contribution in [0.3, 0.4) is 0 Å². The van der Waals surface area contributed by atoms with Gasteiger partial charge in [0.25, 0.3) is 5.79 Å². The normalized spacial score (nSPS) is 26.9. The van der Waals surface area contributed by atoms with Crippen LogP contribution in [-0.4, -0.2) is 17.7 Å². The van der Waals surface area contributed by atoms with E-state index in [4.69, 9.17) is 21.1 Å². The first-order valence-corrected chi connectivity index (χ1v) is 8.30. The van der Waals surface area contributed by atoms with Gasteiger partial charge in [-0.15, -0.1) is 0 Å². The number of hydrogen-bond acceptors (Lipinski definition) is 4. The van der Waals surface area contributed by atoms with Crippen LogP contribution in [0.5, 0.6) is 0 Å². The Bertz CT molecular complexity index is 660. The quantitative estimate of drug-likeness (QED) is 0.611. The summed E-state index contributed by atoms with van der Waals surface area (Å²) in [4.78, 5) is 25.3. The van der Waals surface area contributed by atoms with Crippen molar-refractivity contribution in [2.24, 2.45) is 11.8 Å². The van der Waals surface area contributed by atoms with Crippen molar-refractivity contribution in [2.45, 2.75) is 51.7 Å². The lowest BCUT2D eigenvalue weighted by Gasteiger charge is -2.44. The summed E-state index contributed by atoms with van der Waals surface area (Å²) in [7, 11) is 0. The second-order valence-electron chi connectivity index (χ2n) is 7.17. The molecule has 1 aromatic rings. The van der Waals surface area contributed by atoms with E-state index < -0.39 is 29.1 Å². The number of carbonyl (C=O) groups excluding carboxylic acids is 2. The van der Waals surface area contributed by atoms with E-state index in [0.29, 0.717) is 11.4 Å². The summed E-state index contributed by atoms with van der Waals surface area (Å²) in [6, 6.07) is 5.67. The molecule has 0 bridgehead atoms. The third-order valence-electron chi connectivity index (χ3n) is 5.09. The number of aryl methyl sites for hydroxylation is 1. The molecule has 1 fully saturated rings. The Morgan fingerprint density at radius 1 is 1.17 bits per heavy atom. The fourth-order valence-corrected chi connectivity index (χ4v) is 4.27. The number of carbonyl (C=O) groups is 2. The van der Waals surface area contributed by atoms with Crippen molar-refractivity contribution in [2.75, 3.05) is 0 Å². The molecule has 4 nitrogen and oxygen atoms in total. The predicted molar refractivity (Wildman–Crippen MR) is 86.0 cm³/mol. The number of cyclic esters (lactones) is 2. The SMILES string of the molecule is CC(C)[C@@]1(C2C(=O)OC(C)(C)OC2=O)CCc2cc(Cl)ccc21. The molecule has 1 atom stereocenters. The van der Waals surface area contributed by atoms with Crippen LogP contribution < -0.4 is 0 Å². The molecule has 1 saturated heterocycles. The molecule has 1 heterocycles. The average Bonchev–Trinajstić information content (AvgIpc) is 2.76. The van der Waals surface area contributed by atoms with Crippen LogP contribution in [0.4, 0.5) is 0 Å². The minimum atomic E-state index is -1.20. The lowest BCUT2D eigenvalue weighted by Crippen LogP contribution is -2.55. The van der Waals surface area contributed by atoms with Gasteiger partial charge in [-0.05, 0) is 42.0 Å². The number of halogens is 1. The van der Waals surface area contributed by atoms with Crippen molar-refractivity contribution in [1.29, 1.82) is 0 Å². The van der Waals surface area contributed by atoms with Crippen molar-refractivity contribution in [3.05, 3.63) is 34.3 Å². The largest absolute Gasteiger partial charge is 0.422 e. The summed E-state index contributed by atoms with van der Waals surface area (Å²) >= 11 is 6.09. The number of hydrogen-bond donors (Lipinski definition) is 0. The van der Waals surface area contributed by atoms with Crippen molar-refractivity contribution >= 4 is 23.5 Å². The van der Waals surface area contributed by atoms with Gasteiger partial charge in [0.15, 0.2) is 5.92 Å². The number of fused-ring (bicyclic) bond motifs is 1. The van der Waals surface area contributed by atoms with E-state index in [0.717, 1.165) is 17.5 Å². The molecule has 0 spiro atoms. The highest BCUT2D eigenvalue weighted by Gasteiger charge is 2.58. The molecule has 2 aliphatic rings. The second-order valence-corrected chi connectivity index (χ2v) is 7.61. The molecule has 5 heteroatoms. The topological polar surface area (TPSA) is 52.6 Å². The van der Waals surface area contributed by atoms with Crippen LogP contribution in [0.15, 0.2) is 18.2 Å². The summed E-state index contributed by atoms with van der Waals surface area (Å²) in [5, 5.41) is 0.665. The van der Waals surface area contributed by atoms with Gasteiger partial charge in [-0.2, -0.15) is 0 Å². The summed E-state index contributed by atoms with van der Waals surface area (Å²) < 4.78 is 10.8. The Morgan fingerprint density at radius 2 is 1.78 bits per heavy atom. The summed E-state index contributed by atoms with van der Waals surface area (Å²) in [6.07, 6.45) is 1.49. The van der Waals surface area contributed by atoms with Crippen LogP contribution in [-0.2, 0) is 30.9 Å². The fraction of sp³-hybridized carbons (Fsp3) is 0.556. The number of esters is 2. The Morgan fingerprint density at radius 3 is 2.35 bits per heavy atom. The standard InChI is InChI=1S/C18H21ClO4/c1-10(2)18(8-7-11-9-12(19)5-6-13(11)18)14-15(20)22-17(3,4)23-16(14)21/h5-6,9-10,14H,7-8H2,1-4H3/t18-/m0/s1. The van der Waals surface area contributed by atoms with Gasteiger partial charge in [-0.1, -0.05) is 31.5 Å². The maximum atomic E-state index is 12.6. The van der Waals surface area contributed by atoms with Crippen LogP contribution in [0.25, 0.3) is 0 Å². The van der Waals surface area contributed by atoms with E-state index in [1.807, 2.05) is 32.0 Å². The highest BCUT2D eigenvalue weighted by Crippen LogP contribution is 2.52. The van der Waals surface area contributed by atoms with Crippen LogP contribution in [0.2, 0.25) is 5.02 Å². The summed E-state index contributed by atoms with van der Waals surface area (Å²) in [5.41, 5.74) is 1.50. The van der Waals surface area contributed by atoms with Gasteiger partial charge in [0.05, 0.1) is 0 Å². The predicted octanol–water partition coefficient (Wildman–Crippen LogP) is 3.63. The zero-order valence-corrected chi connectivity index (χ0v) is 14.6. The third kappa shape index (κ3) is 2.44. The molecule has 124 valence electrons. The Kier molecular flexibility index (Phi) is 3.71. The molecule has 0 amide bonds. The smallest absolute Gasteiger partial charge is 0.324 e. The lowest BCUT2D eigenvalue weighted by molar-refractivity contribution is -0.244. The molecule has 0 unspecified atom stereocenters. The minimum Gasteiger partial charge on any atom is -0.422 e. The Hall–Kier alpha value is -1.55. The fourth-order valence-electron chi connectivity index (χ4n) is 4.07. The van der Waals surface area contributed by atoms with Crippen molar-refractivity contribution in [1.82, 2.24) is 0 Å². The molecular formula is C18H21ClO4. The van der Waals surface area contributed by atoms with E-state index in [1.165, 1.54) is 0 Å². The van der Waals surface area contributed by atoms with Crippen LogP contribution in [0, 0.1) is 11.8 Å². The first kappa shape index (κ1) is 16.3. The van der Waals surface area contributed by atoms with Crippen LogP contribution >= 0.6 is 11.6 Å². The van der Waals surface area contributed by atoms with Gasteiger partial charge in [0.2, 0.25) is 0 Å². The van der Waals surface area contributed by atoms with E-state index >= 15 is 0 Å². The Labute approximate surface area is 141 Å². The molecule has 1 aliphatic carbocycles. The van der Waals surface area contributed by atoms with E-state index in [-0.39, 0.29) is 5.92 Å². The highest BCUT2D eigenvalue weighted by atomic mass is 35.5. The maximum Gasteiger partial charge on any atom is 0.324 e. The minimum absolute atomic E-state index is 0.0798. The van der Waals surface area contributed by atoms with Crippen molar-refractivity contribution in [3.63, 3.8) is 0 Å². The van der Waals surface area contributed by atoms with Gasteiger partial charge >= 0.3 is 11.9 Å². The molecule has 1 aliphatic heterocycles. The van der Waals surface area contributed by atoms with Gasteiger partial charge in [-0.3, -0.25) is 9.59 Å². The summed E-state index contributed by atoms with van der Waals surface area (Å²) in [6.45, 7) is 7.21. The van der Waals surface area contributed by atoms with E-state index in [9.17, 15) is 9.59 Å². The molecule has 23 heavy (non-hydrogen) atoms. The number of ether oxygens (including phenoxy) is 2. The molecule has 0 aromatic heterocycles. The van der Waals surface area contributed by atoms with Gasteiger partial charge in [0.1, 0.15) is 0 Å². The van der Waals surface area contributed by atoms with Gasteiger partial charge in [-0.25, -0.2) is 0 Å². The first-order valence-electron chi connectivity index (χ1n) is 7.92. The number of benzene rings is 1. The second kappa shape index (κ2) is 5.23. The van der Waals surface area contributed by atoms with Crippen molar-refractivity contribution in [3.8, 4) is 0 Å². The van der Waals surface area contributed by atoms with Gasteiger partial charge in [0, 0.05) is 24.3 Å². The van der Waals surface area contributed by atoms with Gasteiger partial charge < -0.3 is 9.47 Å². The molecule has 0 radical (unpaired) electrons. The van der Waals surface area contributed by atoms with E-state index in [2.05, 4.69) is 0 Å². The average molecular weight is 337 g/mol. The summed E-state index contributed by atoms with van der Waals surface area (Å²) in [5.74, 6) is -3.05. The van der Waals surface area contributed by atoms with Crippen LogP contribution in [0.1, 0.15) is 45.2 Å². The third-order valence-corrected chi connectivity index (χ3v) is 5.32.